The molecule has 1 aliphatic carbocycles. The largest absolute Gasteiger partial charge is 0.325 e. The first-order valence-electron chi connectivity index (χ1n) is 12.0. The lowest BCUT2D eigenvalue weighted by atomic mass is 9.92. The Bertz CT molecular complexity index is 1250. The van der Waals surface area contributed by atoms with E-state index in [1.54, 1.807) is 0 Å². The Hall–Kier alpha value is -3.20. The Kier molecular flexibility index (Phi) is 6.15. The summed E-state index contributed by atoms with van der Waals surface area (Å²) in [5, 5.41) is 5.31. The summed E-state index contributed by atoms with van der Waals surface area (Å²) in [5.41, 5.74) is 6.68. The molecule has 0 unspecified atom stereocenters. The summed E-state index contributed by atoms with van der Waals surface area (Å²) in [6.07, 6.45) is 10.4. The zero-order chi connectivity index (χ0) is 21.8. The number of pyridine rings is 1. The number of para-hydroxylation sites is 1. The van der Waals surface area contributed by atoms with Gasteiger partial charge in [0.15, 0.2) is 0 Å². The summed E-state index contributed by atoms with van der Waals surface area (Å²) in [6, 6.07) is 22.6. The van der Waals surface area contributed by atoms with Crippen LogP contribution in [0.1, 0.15) is 55.2 Å². The topological polar surface area (TPSA) is 42.0 Å². The highest BCUT2D eigenvalue weighted by molar-refractivity contribution is 6.13. The highest BCUT2D eigenvalue weighted by atomic mass is 16.1. The Morgan fingerprint density at radius 2 is 1.38 bits per heavy atom. The van der Waals surface area contributed by atoms with Crippen LogP contribution in [-0.2, 0) is 24.1 Å². The van der Waals surface area contributed by atoms with Crippen LogP contribution in [0.4, 0.5) is 5.69 Å². The summed E-state index contributed by atoms with van der Waals surface area (Å²) in [5.74, 6) is 0.00823. The van der Waals surface area contributed by atoms with Gasteiger partial charge in [-0.3, -0.25) is 4.79 Å². The molecule has 0 saturated carbocycles. The van der Waals surface area contributed by atoms with Gasteiger partial charge >= 0.3 is 0 Å². The molecular formula is C29H30N2O. The smallest absolute Gasteiger partial charge is 0.228 e. The molecule has 1 aromatic heterocycles. The third-order valence-electron chi connectivity index (χ3n) is 6.62. The fourth-order valence-electron chi connectivity index (χ4n) is 4.93. The highest BCUT2D eigenvalue weighted by Crippen LogP contribution is 2.34. The number of nitrogens with zero attached hydrogens (tertiary/aromatic N) is 1. The first-order valence-corrected chi connectivity index (χ1v) is 12.0. The van der Waals surface area contributed by atoms with Crippen LogP contribution < -0.4 is 5.32 Å². The number of nitrogens with one attached hydrogen (secondary N) is 1. The van der Waals surface area contributed by atoms with Gasteiger partial charge in [-0.05, 0) is 60.6 Å². The van der Waals surface area contributed by atoms with E-state index >= 15 is 0 Å². The number of fused-ring (bicyclic) bond motifs is 3. The van der Waals surface area contributed by atoms with Gasteiger partial charge in [0.05, 0.1) is 23.1 Å². The van der Waals surface area contributed by atoms with E-state index in [4.69, 9.17) is 4.98 Å². The Balaban J connectivity index is 1.59. The van der Waals surface area contributed by atoms with Gasteiger partial charge in [-0.15, -0.1) is 0 Å². The van der Waals surface area contributed by atoms with E-state index in [1.165, 1.54) is 49.7 Å². The lowest BCUT2D eigenvalue weighted by Crippen LogP contribution is -2.15. The van der Waals surface area contributed by atoms with Gasteiger partial charge in [0.25, 0.3) is 0 Å². The van der Waals surface area contributed by atoms with Crippen LogP contribution >= 0.6 is 0 Å². The normalized spacial score (nSPS) is 14.8. The fraction of sp³-hybridized carbons (Fsp3) is 0.310. The van der Waals surface area contributed by atoms with Gasteiger partial charge in [0.2, 0.25) is 5.91 Å². The molecule has 3 aromatic carbocycles. The van der Waals surface area contributed by atoms with E-state index in [9.17, 15) is 4.79 Å². The number of rotatable bonds is 3. The molecule has 0 fully saturated rings. The maximum Gasteiger partial charge on any atom is 0.228 e. The summed E-state index contributed by atoms with van der Waals surface area (Å²) in [4.78, 5) is 18.0. The van der Waals surface area contributed by atoms with Crippen molar-refractivity contribution in [1.29, 1.82) is 0 Å². The minimum absolute atomic E-state index is 0.00823. The molecule has 0 radical (unpaired) electrons. The molecule has 0 saturated heterocycles. The molecule has 162 valence electrons. The first kappa shape index (κ1) is 20.7. The third kappa shape index (κ3) is 4.52. The summed E-state index contributed by atoms with van der Waals surface area (Å²) < 4.78 is 0. The van der Waals surface area contributed by atoms with E-state index in [0.717, 1.165) is 45.9 Å². The summed E-state index contributed by atoms with van der Waals surface area (Å²) >= 11 is 0. The standard InChI is InChI=1S/C29H30N2O/c32-28(18-21-12-6-5-7-13-21)31-29-24-16-10-11-17-26(24)30-27-20-23-15-9-4-2-1-3-8-14-22(23)19-25(27)29/h5-7,10-13,16-17,19-20H,1-4,8-9,14-15,18H2,(H,30,31,32). The van der Waals surface area contributed by atoms with Gasteiger partial charge in [-0.25, -0.2) is 4.98 Å². The maximum atomic E-state index is 13.0. The molecule has 4 aromatic rings. The van der Waals surface area contributed by atoms with Gasteiger partial charge in [0.1, 0.15) is 0 Å². The number of carbonyl (C=O) groups excluding carboxylic acids is 1. The van der Waals surface area contributed by atoms with Crippen LogP contribution in [0.15, 0.2) is 66.7 Å². The second-order valence-electron chi connectivity index (χ2n) is 8.97. The van der Waals surface area contributed by atoms with Crippen molar-refractivity contribution in [2.75, 3.05) is 5.32 Å². The molecule has 0 aliphatic heterocycles. The molecule has 1 N–H and O–H groups in total. The van der Waals surface area contributed by atoms with Crippen molar-refractivity contribution in [3.8, 4) is 0 Å². The molecular weight excluding hydrogens is 392 g/mol. The molecule has 3 heteroatoms. The number of carbonyl (C=O) groups is 1. The number of hydrogen-bond donors (Lipinski definition) is 1. The molecule has 5 rings (SSSR count). The van der Waals surface area contributed by atoms with Crippen molar-refractivity contribution in [2.24, 2.45) is 0 Å². The van der Waals surface area contributed by atoms with Crippen molar-refractivity contribution in [3.05, 3.63) is 83.4 Å². The number of benzene rings is 3. The predicted octanol–water partition coefficient (Wildman–Crippen LogP) is 7.01. The number of aromatic nitrogens is 1. The van der Waals surface area contributed by atoms with Gasteiger partial charge in [-0.1, -0.05) is 74.2 Å². The molecule has 3 nitrogen and oxygen atoms in total. The number of amides is 1. The van der Waals surface area contributed by atoms with Crippen LogP contribution in [-0.4, -0.2) is 10.9 Å². The Labute approximate surface area is 189 Å². The Morgan fingerprint density at radius 1 is 0.719 bits per heavy atom. The van der Waals surface area contributed by atoms with E-state index in [2.05, 4.69) is 23.5 Å². The van der Waals surface area contributed by atoms with Crippen LogP contribution in [0.2, 0.25) is 0 Å². The summed E-state index contributed by atoms with van der Waals surface area (Å²) in [6.45, 7) is 0. The third-order valence-corrected chi connectivity index (χ3v) is 6.62. The van der Waals surface area contributed by atoms with Crippen molar-refractivity contribution >= 4 is 33.4 Å². The SMILES string of the molecule is O=C(Cc1ccccc1)Nc1c2ccccc2nc2cc3c(cc12)CCCCCCCC3. The van der Waals surface area contributed by atoms with Gasteiger partial charge in [-0.2, -0.15) is 0 Å². The zero-order valence-electron chi connectivity index (χ0n) is 18.6. The summed E-state index contributed by atoms with van der Waals surface area (Å²) in [7, 11) is 0. The Morgan fingerprint density at radius 3 is 2.16 bits per heavy atom. The minimum atomic E-state index is 0.00823. The quantitative estimate of drug-likeness (QED) is 0.361. The highest BCUT2D eigenvalue weighted by Gasteiger charge is 2.15. The molecule has 0 bridgehead atoms. The van der Waals surface area contributed by atoms with Crippen LogP contribution in [0.25, 0.3) is 21.8 Å². The average Bonchev–Trinajstić information content (AvgIpc) is 2.82. The van der Waals surface area contributed by atoms with Crippen molar-refractivity contribution in [3.63, 3.8) is 0 Å². The van der Waals surface area contributed by atoms with E-state index in [1.807, 2.05) is 48.5 Å². The van der Waals surface area contributed by atoms with E-state index < -0.39 is 0 Å². The molecule has 1 aliphatic rings. The molecule has 1 amide bonds. The second kappa shape index (κ2) is 9.52. The van der Waals surface area contributed by atoms with E-state index in [-0.39, 0.29) is 5.91 Å². The maximum absolute atomic E-state index is 13.0. The molecule has 0 atom stereocenters. The first-order chi connectivity index (χ1) is 15.8. The van der Waals surface area contributed by atoms with Crippen molar-refractivity contribution in [1.82, 2.24) is 4.98 Å². The molecule has 0 spiro atoms. The lowest BCUT2D eigenvalue weighted by Gasteiger charge is -2.17. The molecule has 32 heavy (non-hydrogen) atoms. The fourth-order valence-corrected chi connectivity index (χ4v) is 4.93. The minimum Gasteiger partial charge on any atom is -0.325 e. The predicted molar refractivity (Wildman–Crippen MR) is 133 cm³/mol. The van der Waals surface area contributed by atoms with E-state index in [0.29, 0.717) is 6.42 Å². The number of aryl methyl sites for hydroxylation is 2. The van der Waals surface area contributed by atoms with Crippen LogP contribution in [0, 0.1) is 0 Å². The number of anilines is 1. The van der Waals surface area contributed by atoms with Crippen molar-refractivity contribution < 1.29 is 4.79 Å². The lowest BCUT2D eigenvalue weighted by molar-refractivity contribution is -0.115. The second-order valence-corrected chi connectivity index (χ2v) is 8.97. The van der Waals surface area contributed by atoms with Gasteiger partial charge in [0, 0.05) is 10.8 Å². The van der Waals surface area contributed by atoms with Crippen molar-refractivity contribution in [2.45, 2.75) is 57.8 Å². The van der Waals surface area contributed by atoms with Crippen LogP contribution in [0.3, 0.4) is 0 Å². The zero-order valence-corrected chi connectivity index (χ0v) is 18.6. The van der Waals surface area contributed by atoms with Gasteiger partial charge < -0.3 is 5.32 Å². The average molecular weight is 423 g/mol. The monoisotopic (exact) mass is 422 g/mol. The van der Waals surface area contributed by atoms with Crippen LogP contribution in [0.5, 0.6) is 0 Å². The molecule has 1 heterocycles. The number of hydrogen-bond acceptors (Lipinski definition) is 2.